The van der Waals surface area contributed by atoms with Crippen LogP contribution in [0.4, 0.5) is 0 Å². The second-order valence-electron chi connectivity index (χ2n) is 4.64. The Morgan fingerprint density at radius 3 is 0.826 bits per heavy atom. The van der Waals surface area contributed by atoms with Gasteiger partial charge in [-0.2, -0.15) is 61.6 Å². The van der Waals surface area contributed by atoms with E-state index in [0.29, 0.717) is 0 Å². The maximum Gasteiger partial charge on any atom is 4.00 e. The Hall–Kier alpha value is -0.510. The zero-order chi connectivity index (χ0) is 17.1. The SMILES string of the molecule is CC[N-]CC.CC[N-]CC.C[c-]1cccc1.C[c-]1cccc1.[Hf+4]. The topological polar surface area (TPSA) is 28.2 Å². The quantitative estimate of drug-likeness (QED) is 0.367. The predicted octanol–water partition coefficient (Wildman–Crippen LogP) is 6.23. The van der Waals surface area contributed by atoms with Crippen LogP contribution in [0, 0.1) is 13.8 Å². The Balaban J connectivity index is -0.000000230. The molecule has 0 radical (unpaired) electrons. The van der Waals surface area contributed by atoms with Gasteiger partial charge in [-0.25, -0.2) is 24.3 Å². The van der Waals surface area contributed by atoms with Crippen molar-refractivity contribution in [1.29, 1.82) is 0 Å². The number of rotatable bonds is 4. The summed E-state index contributed by atoms with van der Waals surface area (Å²) >= 11 is 0. The third kappa shape index (κ3) is 26.7. The Morgan fingerprint density at radius 1 is 0.565 bits per heavy atom. The van der Waals surface area contributed by atoms with Crippen molar-refractivity contribution in [2.75, 3.05) is 26.2 Å². The van der Waals surface area contributed by atoms with E-state index in [-0.39, 0.29) is 25.8 Å². The molecule has 2 rings (SSSR count). The van der Waals surface area contributed by atoms with Crippen LogP contribution in [0.2, 0.25) is 0 Å². The molecule has 3 heteroatoms. The van der Waals surface area contributed by atoms with Gasteiger partial charge in [0.1, 0.15) is 0 Å². The van der Waals surface area contributed by atoms with Crippen molar-refractivity contribution in [3.05, 3.63) is 70.3 Å². The van der Waals surface area contributed by atoms with E-state index in [4.69, 9.17) is 0 Å². The first-order valence-corrected chi connectivity index (χ1v) is 8.25. The molecule has 0 heterocycles. The van der Waals surface area contributed by atoms with E-state index in [1.54, 1.807) is 0 Å². The second-order valence-corrected chi connectivity index (χ2v) is 4.64. The maximum absolute atomic E-state index is 3.97. The van der Waals surface area contributed by atoms with Crippen LogP contribution < -0.4 is 0 Å². The van der Waals surface area contributed by atoms with Crippen molar-refractivity contribution in [3.8, 4) is 0 Å². The van der Waals surface area contributed by atoms with Crippen molar-refractivity contribution in [2.24, 2.45) is 0 Å². The molecule has 2 aromatic rings. The maximum atomic E-state index is 3.97. The monoisotopic (exact) mass is 482 g/mol. The van der Waals surface area contributed by atoms with Crippen molar-refractivity contribution >= 4 is 0 Å². The molecule has 2 aromatic carbocycles. The molecule has 0 aliphatic heterocycles. The zero-order valence-corrected chi connectivity index (χ0v) is 19.4. The van der Waals surface area contributed by atoms with Gasteiger partial charge in [0.15, 0.2) is 0 Å². The first-order chi connectivity index (χ1) is 10.6. The summed E-state index contributed by atoms with van der Waals surface area (Å²) in [6.45, 7) is 16.2. The Bertz CT molecular complexity index is 324. The van der Waals surface area contributed by atoms with Crippen molar-refractivity contribution < 1.29 is 25.8 Å². The minimum Gasteiger partial charge on any atom is -0.663 e. The number of hydrogen-bond acceptors (Lipinski definition) is 0. The number of aryl methyl sites for hydroxylation is 2. The summed E-state index contributed by atoms with van der Waals surface area (Å²) < 4.78 is 0. The van der Waals surface area contributed by atoms with Gasteiger partial charge in [-0.3, -0.25) is 0 Å². The smallest absolute Gasteiger partial charge is 0.663 e. The molecule has 0 atom stereocenters. The molecular weight excluding hydrogens is 447 g/mol. The minimum absolute atomic E-state index is 0. The molecular formula is C20H34HfN2. The van der Waals surface area contributed by atoms with Crippen molar-refractivity contribution in [2.45, 2.75) is 41.5 Å². The molecule has 2 nitrogen and oxygen atoms in total. The van der Waals surface area contributed by atoms with Crippen LogP contribution in [0.1, 0.15) is 38.8 Å². The molecule has 0 saturated carbocycles. The third-order valence-corrected chi connectivity index (χ3v) is 2.55. The average Bonchev–Trinajstić information content (AvgIpc) is 3.16. The fraction of sp³-hybridized carbons (Fsp3) is 0.500. The number of nitrogens with zero attached hydrogens (tertiary/aromatic N) is 2. The molecule has 0 spiro atoms. The standard InChI is InChI=1S/2C6H7.2C4H10N.Hf/c2*1-6-4-2-3-5-6;2*1-3-5-4-2;/h2*2-5H,1H3;2*3-4H2,1-2H3;/q4*-1;+4. The zero-order valence-electron chi connectivity index (χ0n) is 15.8. The normalized spacial score (nSPS) is 8.26. The third-order valence-electron chi connectivity index (χ3n) is 2.55. The van der Waals surface area contributed by atoms with E-state index >= 15 is 0 Å². The van der Waals surface area contributed by atoms with E-state index in [1.165, 1.54) is 11.1 Å². The van der Waals surface area contributed by atoms with Gasteiger partial charge in [0.25, 0.3) is 0 Å². The van der Waals surface area contributed by atoms with Crippen LogP contribution in [0.5, 0.6) is 0 Å². The molecule has 128 valence electrons. The Morgan fingerprint density at radius 2 is 0.783 bits per heavy atom. The van der Waals surface area contributed by atoms with E-state index < -0.39 is 0 Å². The van der Waals surface area contributed by atoms with Crippen LogP contribution in [-0.2, 0) is 25.8 Å². The van der Waals surface area contributed by atoms with Crippen LogP contribution >= 0.6 is 0 Å². The summed E-state index contributed by atoms with van der Waals surface area (Å²) in [5.74, 6) is 0. The summed E-state index contributed by atoms with van der Waals surface area (Å²) in [7, 11) is 0. The minimum atomic E-state index is 0. The van der Waals surface area contributed by atoms with Gasteiger partial charge in [-0.1, -0.05) is 41.5 Å². The van der Waals surface area contributed by atoms with Crippen molar-refractivity contribution in [1.82, 2.24) is 0 Å². The van der Waals surface area contributed by atoms with Crippen LogP contribution in [0.25, 0.3) is 10.6 Å². The van der Waals surface area contributed by atoms with Crippen LogP contribution in [0.15, 0.2) is 48.5 Å². The van der Waals surface area contributed by atoms with Crippen LogP contribution in [-0.4, -0.2) is 26.2 Å². The first-order valence-electron chi connectivity index (χ1n) is 8.25. The molecule has 0 amide bonds. The van der Waals surface area contributed by atoms with E-state index in [9.17, 15) is 0 Å². The number of hydrogen-bond donors (Lipinski definition) is 0. The fourth-order valence-electron chi connectivity index (χ4n) is 1.39. The van der Waals surface area contributed by atoms with Gasteiger partial charge in [0.05, 0.1) is 0 Å². The van der Waals surface area contributed by atoms with Crippen LogP contribution in [0.3, 0.4) is 0 Å². The summed E-state index contributed by atoms with van der Waals surface area (Å²) in [4.78, 5) is 0. The fourth-order valence-corrected chi connectivity index (χ4v) is 1.39. The van der Waals surface area contributed by atoms with E-state index in [2.05, 4.69) is 48.7 Å². The summed E-state index contributed by atoms with van der Waals surface area (Å²) in [5, 5.41) is 7.94. The van der Waals surface area contributed by atoms with E-state index in [0.717, 1.165) is 26.2 Å². The average molecular weight is 481 g/mol. The molecule has 0 bridgehead atoms. The summed E-state index contributed by atoms with van der Waals surface area (Å²) in [6, 6.07) is 16.5. The predicted molar refractivity (Wildman–Crippen MR) is 102 cm³/mol. The Labute approximate surface area is 163 Å². The Kier molecular flexibility index (Phi) is 28.2. The second kappa shape index (κ2) is 23.8. The van der Waals surface area contributed by atoms with Gasteiger partial charge >= 0.3 is 25.8 Å². The molecule has 0 aliphatic carbocycles. The van der Waals surface area contributed by atoms with Gasteiger partial charge in [-0.15, -0.1) is 0 Å². The first kappa shape index (κ1) is 27.3. The molecule has 0 saturated heterocycles. The molecule has 0 aromatic heterocycles. The summed E-state index contributed by atoms with van der Waals surface area (Å²) in [5.41, 5.74) is 2.69. The van der Waals surface area contributed by atoms with Gasteiger partial charge in [-0.05, 0) is 0 Å². The van der Waals surface area contributed by atoms with E-state index in [1.807, 2.05) is 52.0 Å². The summed E-state index contributed by atoms with van der Waals surface area (Å²) in [6.07, 6.45) is 0. The molecule has 0 N–H and O–H groups in total. The van der Waals surface area contributed by atoms with Gasteiger partial charge in [0, 0.05) is 0 Å². The van der Waals surface area contributed by atoms with Gasteiger partial charge < -0.3 is 10.6 Å². The van der Waals surface area contributed by atoms with Gasteiger partial charge in [0.2, 0.25) is 0 Å². The molecule has 0 aliphatic rings. The van der Waals surface area contributed by atoms with Crippen molar-refractivity contribution in [3.63, 3.8) is 0 Å². The molecule has 0 fully saturated rings. The molecule has 23 heavy (non-hydrogen) atoms. The largest absolute Gasteiger partial charge is 4.00 e. The molecule has 0 unspecified atom stereocenters.